The Morgan fingerprint density at radius 3 is 1.84 bits per heavy atom. The summed E-state index contributed by atoms with van der Waals surface area (Å²) in [7, 11) is -4.85. The van der Waals surface area contributed by atoms with Crippen molar-refractivity contribution in [3.63, 3.8) is 0 Å². The summed E-state index contributed by atoms with van der Waals surface area (Å²) in [6, 6.07) is 2.93. The molecule has 0 saturated carbocycles. The zero-order valence-electron chi connectivity index (χ0n) is 16.5. The number of hydrogen-bond acceptors (Lipinski definition) is 12. The normalized spacial score (nSPS) is 10.8. The van der Waals surface area contributed by atoms with Gasteiger partial charge in [0.05, 0.1) is 13.2 Å². The smallest absolute Gasteiger partial charge is 0.311 e. The van der Waals surface area contributed by atoms with Gasteiger partial charge in [0.1, 0.15) is 10.6 Å². The molecule has 0 bridgehead atoms. The molecule has 0 spiro atoms. The summed E-state index contributed by atoms with van der Waals surface area (Å²) in [4.78, 5) is 51.0. The number of rotatable bonds is 15. The summed E-state index contributed by atoms with van der Waals surface area (Å²) in [5, 5.41) is 18.1. The minimum Gasteiger partial charge on any atom is -0.426 e. The molecule has 1 rings (SSSR count). The van der Waals surface area contributed by atoms with Crippen molar-refractivity contribution in [2.45, 2.75) is 43.4 Å². The van der Waals surface area contributed by atoms with E-state index in [-0.39, 0.29) is 57.5 Å². The van der Waals surface area contributed by atoms with Crippen LogP contribution in [0.2, 0.25) is 0 Å². The van der Waals surface area contributed by atoms with Crippen molar-refractivity contribution in [1.29, 1.82) is 0 Å². The van der Waals surface area contributed by atoms with Gasteiger partial charge in [0.2, 0.25) is 0 Å². The van der Waals surface area contributed by atoms with Crippen LogP contribution in [0.15, 0.2) is 23.1 Å². The van der Waals surface area contributed by atoms with E-state index in [0.717, 1.165) is 18.2 Å². The number of unbranched alkanes of at least 4 members (excludes halogenated alkanes) is 2. The molecule has 0 atom stereocenters. The minimum absolute atomic E-state index is 0.140. The van der Waals surface area contributed by atoms with Gasteiger partial charge >= 0.3 is 11.9 Å². The summed E-state index contributed by atoms with van der Waals surface area (Å²) >= 11 is 0. The van der Waals surface area contributed by atoms with E-state index in [1.165, 1.54) is 0 Å². The van der Waals surface area contributed by atoms with Gasteiger partial charge in [-0.05, 0) is 37.8 Å². The van der Waals surface area contributed by atoms with Gasteiger partial charge in [0.25, 0.3) is 20.3 Å². The van der Waals surface area contributed by atoms with E-state index in [1.54, 1.807) is 0 Å². The molecule has 0 unspecified atom stereocenters. The predicted molar refractivity (Wildman–Crippen MR) is 101 cm³/mol. The summed E-state index contributed by atoms with van der Waals surface area (Å²) in [5.41, 5.74) is 0. The van der Waals surface area contributed by atoms with Crippen LogP contribution in [-0.4, -0.2) is 48.3 Å². The van der Waals surface area contributed by atoms with E-state index in [0.29, 0.717) is 0 Å². The number of hydrogen-bond donors (Lipinski definition) is 1. The van der Waals surface area contributed by atoms with Crippen LogP contribution >= 0.6 is 0 Å². The van der Waals surface area contributed by atoms with Crippen molar-refractivity contribution in [2.24, 2.45) is 0 Å². The number of carbonyl (C=O) groups excluding carboxylic acids is 2. The largest absolute Gasteiger partial charge is 0.426 e. The molecule has 0 aliphatic rings. The lowest BCUT2D eigenvalue weighted by atomic mass is 10.2. The monoisotopic (exact) mass is 480 g/mol. The van der Waals surface area contributed by atoms with Crippen LogP contribution in [0, 0.1) is 20.2 Å². The average Bonchev–Trinajstić information content (AvgIpc) is 2.67. The molecule has 1 aromatic carbocycles. The Morgan fingerprint density at radius 1 is 0.875 bits per heavy atom. The van der Waals surface area contributed by atoms with Crippen molar-refractivity contribution in [1.82, 2.24) is 0 Å². The molecular formula is C16H20N2O13S. The average molecular weight is 480 g/mol. The number of ether oxygens (including phenoxy) is 2. The lowest BCUT2D eigenvalue weighted by Crippen LogP contribution is -2.13. The van der Waals surface area contributed by atoms with Gasteiger partial charge in [0, 0.05) is 18.9 Å². The predicted octanol–water partition coefficient (Wildman–Crippen LogP) is 1.50. The van der Waals surface area contributed by atoms with Crippen molar-refractivity contribution in [3.05, 3.63) is 38.4 Å². The summed E-state index contributed by atoms with van der Waals surface area (Å²) in [5.74, 6) is -2.39. The number of benzene rings is 1. The van der Waals surface area contributed by atoms with Crippen LogP contribution in [-0.2, 0) is 29.4 Å². The molecule has 0 aliphatic heterocycles. The second-order valence-corrected chi connectivity index (χ2v) is 7.45. The molecule has 0 amide bonds. The third kappa shape index (κ3) is 11.0. The first-order valence-electron chi connectivity index (χ1n) is 9.06. The van der Waals surface area contributed by atoms with Gasteiger partial charge in [-0.3, -0.25) is 14.1 Å². The number of carbonyl (C=O) groups is 2. The molecule has 0 radical (unpaired) electrons. The molecule has 0 aromatic heterocycles. The molecule has 0 heterocycles. The highest BCUT2D eigenvalue weighted by Crippen LogP contribution is 2.29. The fourth-order valence-electron chi connectivity index (χ4n) is 2.21. The highest BCUT2D eigenvalue weighted by Gasteiger charge is 2.21. The van der Waals surface area contributed by atoms with Crippen LogP contribution in [0.25, 0.3) is 0 Å². The molecule has 0 fully saturated rings. The van der Waals surface area contributed by atoms with Crippen LogP contribution in [0.5, 0.6) is 11.5 Å². The zero-order valence-corrected chi connectivity index (χ0v) is 17.4. The Labute approximate surface area is 181 Å². The second-order valence-electron chi connectivity index (χ2n) is 6.06. The highest BCUT2D eigenvalue weighted by molar-refractivity contribution is 7.86. The topological polar surface area (TPSA) is 212 Å². The van der Waals surface area contributed by atoms with E-state index in [1.807, 2.05) is 0 Å². The summed E-state index contributed by atoms with van der Waals surface area (Å²) < 4.78 is 42.5. The standard InChI is InChI=1S/C16H20N2O13S/c19-15(5-1-3-9-28-17(21)22)30-12-7-8-13(14(11-12)32(25,26)27)31-16(20)6-2-4-10-29-18(23)24/h7-8,11H,1-6,9-10H2,(H,25,26,27). The molecule has 0 saturated heterocycles. The zero-order chi connectivity index (χ0) is 24.1. The molecule has 0 aliphatic carbocycles. The van der Waals surface area contributed by atoms with Crippen LogP contribution < -0.4 is 9.47 Å². The van der Waals surface area contributed by atoms with E-state index in [4.69, 9.17) is 9.47 Å². The highest BCUT2D eigenvalue weighted by atomic mass is 32.2. The fraction of sp³-hybridized carbons (Fsp3) is 0.500. The minimum atomic E-state index is -4.85. The van der Waals surface area contributed by atoms with Crippen molar-refractivity contribution >= 4 is 22.1 Å². The summed E-state index contributed by atoms with van der Waals surface area (Å²) in [6.07, 6.45) is 0.409. The maximum atomic E-state index is 11.9. The third-order valence-electron chi connectivity index (χ3n) is 3.59. The lowest BCUT2D eigenvalue weighted by Gasteiger charge is -2.11. The molecular weight excluding hydrogens is 460 g/mol. The van der Waals surface area contributed by atoms with Gasteiger partial charge in [-0.2, -0.15) is 8.42 Å². The maximum Gasteiger partial charge on any atom is 0.311 e. The number of esters is 2. The van der Waals surface area contributed by atoms with E-state index < -0.39 is 42.9 Å². The first-order chi connectivity index (χ1) is 15.0. The quantitative estimate of drug-likeness (QED) is 0.0942. The molecule has 1 N–H and O–H groups in total. The molecule has 1 aromatic rings. The van der Waals surface area contributed by atoms with E-state index in [9.17, 15) is 42.8 Å². The Morgan fingerprint density at radius 2 is 1.38 bits per heavy atom. The SMILES string of the molecule is O=C(CCCCO[N+](=O)[O-])Oc1ccc(OC(=O)CCCCO[N+](=O)[O-])c(S(=O)(=O)O)c1. The van der Waals surface area contributed by atoms with Gasteiger partial charge in [-0.25, -0.2) is 0 Å². The second kappa shape index (κ2) is 13.0. The Kier molecular flexibility index (Phi) is 10.8. The van der Waals surface area contributed by atoms with Gasteiger partial charge < -0.3 is 19.1 Å². The van der Waals surface area contributed by atoms with E-state index in [2.05, 4.69) is 9.68 Å². The van der Waals surface area contributed by atoms with Crippen LogP contribution in [0.3, 0.4) is 0 Å². The fourth-order valence-corrected chi connectivity index (χ4v) is 2.84. The summed E-state index contributed by atoms with van der Waals surface area (Å²) in [6.45, 7) is -0.421. The number of nitrogens with zero attached hydrogens (tertiary/aromatic N) is 2. The molecule has 16 heteroatoms. The third-order valence-corrected chi connectivity index (χ3v) is 4.47. The van der Waals surface area contributed by atoms with Gasteiger partial charge in [0.15, 0.2) is 5.75 Å². The van der Waals surface area contributed by atoms with Gasteiger partial charge in [-0.1, -0.05) is 0 Å². The first kappa shape index (κ1) is 26.5. The molecule has 32 heavy (non-hydrogen) atoms. The Balaban J connectivity index is 2.65. The molecule has 15 nitrogen and oxygen atoms in total. The van der Waals surface area contributed by atoms with Gasteiger partial charge in [-0.15, -0.1) is 20.2 Å². The molecule has 178 valence electrons. The van der Waals surface area contributed by atoms with Crippen molar-refractivity contribution < 1.29 is 51.9 Å². The van der Waals surface area contributed by atoms with Crippen molar-refractivity contribution in [3.8, 4) is 11.5 Å². The lowest BCUT2D eigenvalue weighted by molar-refractivity contribution is -0.757. The van der Waals surface area contributed by atoms with Crippen LogP contribution in [0.1, 0.15) is 38.5 Å². The van der Waals surface area contributed by atoms with Crippen molar-refractivity contribution in [2.75, 3.05) is 13.2 Å². The maximum absolute atomic E-state index is 11.9. The Hall–Kier alpha value is -3.53. The first-order valence-corrected chi connectivity index (χ1v) is 10.5. The Bertz CT molecular complexity index is 932. The van der Waals surface area contributed by atoms with Crippen LogP contribution in [0.4, 0.5) is 0 Å². The van der Waals surface area contributed by atoms with E-state index >= 15 is 0 Å².